The highest BCUT2D eigenvalue weighted by molar-refractivity contribution is 4.94. The van der Waals surface area contributed by atoms with Crippen molar-refractivity contribution in [2.24, 2.45) is 5.92 Å². The molecular formula is C10H18O2. The van der Waals surface area contributed by atoms with Gasteiger partial charge in [-0.15, -0.1) is 0 Å². The standard InChI is InChI=1S/C10H18O2/c11-9-5-1-3-8-4-2-6-10(9,12)7-8/h8-9,11-12H,1-7H2/t8-,9+,10-/m0/s1. The minimum absolute atomic E-state index is 0.456. The largest absolute Gasteiger partial charge is 0.390 e. The van der Waals surface area contributed by atoms with Crippen LogP contribution < -0.4 is 0 Å². The summed E-state index contributed by atoms with van der Waals surface area (Å²) >= 11 is 0. The summed E-state index contributed by atoms with van der Waals surface area (Å²) in [5.74, 6) is 0.681. The van der Waals surface area contributed by atoms with Crippen molar-refractivity contribution in [2.75, 3.05) is 0 Å². The Hall–Kier alpha value is -0.0800. The van der Waals surface area contributed by atoms with Crippen LogP contribution in [0.3, 0.4) is 0 Å². The zero-order valence-electron chi connectivity index (χ0n) is 7.50. The Morgan fingerprint density at radius 1 is 1.08 bits per heavy atom. The van der Waals surface area contributed by atoms with Crippen molar-refractivity contribution in [3.8, 4) is 0 Å². The number of aliphatic hydroxyl groups excluding tert-OH is 1. The molecule has 2 aliphatic carbocycles. The number of fused-ring (bicyclic) bond motifs is 2. The Balaban J connectivity index is 2.14. The summed E-state index contributed by atoms with van der Waals surface area (Å²) in [6.07, 6.45) is 6.65. The smallest absolute Gasteiger partial charge is 0.0908 e. The van der Waals surface area contributed by atoms with E-state index in [1.54, 1.807) is 0 Å². The van der Waals surface area contributed by atoms with E-state index in [1.165, 1.54) is 12.8 Å². The highest BCUT2D eigenvalue weighted by atomic mass is 16.3. The van der Waals surface area contributed by atoms with Crippen molar-refractivity contribution in [3.05, 3.63) is 0 Å². The van der Waals surface area contributed by atoms with Crippen LogP contribution in [0.5, 0.6) is 0 Å². The monoisotopic (exact) mass is 170 g/mol. The minimum atomic E-state index is -0.723. The molecule has 2 N–H and O–H groups in total. The van der Waals surface area contributed by atoms with Gasteiger partial charge in [0, 0.05) is 0 Å². The fourth-order valence-electron chi connectivity index (χ4n) is 2.82. The molecule has 0 heterocycles. The molecular weight excluding hydrogens is 152 g/mol. The molecule has 12 heavy (non-hydrogen) atoms. The lowest BCUT2D eigenvalue weighted by Gasteiger charge is -2.37. The average molecular weight is 170 g/mol. The molecule has 0 aromatic rings. The van der Waals surface area contributed by atoms with Gasteiger partial charge in [-0.2, -0.15) is 0 Å². The second-order valence-electron chi connectivity index (χ2n) is 4.51. The number of aliphatic hydroxyl groups is 2. The van der Waals surface area contributed by atoms with Gasteiger partial charge in [0.2, 0.25) is 0 Å². The van der Waals surface area contributed by atoms with Gasteiger partial charge in [0.1, 0.15) is 0 Å². The second kappa shape index (κ2) is 3.00. The molecule has 2 fully saturated rings. The number of hydrogen-bond acceptors (Lipinski definition) is 2. The van der Waals surface area contributed by atoms with Crippen LogP contribution in [0.25, 0.3) is 0 Å². The molecule has 0 amide bonds. The maximum absolute atomic E-state index is 10.1. The Labute approximate surface area is 73.6 Å². The van der Waals surface area contributed by atoms with Gasteiger partial charge in [0.25, 0.3) is 0 Å². The van der Waals surface area contributed by atoms with E-state index >= 15 is 0 Å². The van der Waals surface area contributed by atoms with Crippen molar-refractivity contribution in [3.63, 3.8) is 0 Å². The summed E-state index contributed by atoms with van der Waals surface area (Å²) in [5.41, 5.74) is -0.723. The van der Waals surface area contributed by atoms with Gasteiger partial charge in [0.05, 0.1) is 11.7 Å². The van der Waals surface area contributed by atoms with Crippen LogP contribution in [0.4, 0.5) is 0 Å². The van der Waals surface area contributed by atoms with E-state index in [2.05, 4.69) is 0 Å². The Morgan fingerprint density at radius 3 is 2.67 bits per heavy atom. The maximum atomic E-state index is 10.1. The van der Waals surface area contributed by atoms with Gasteiger partial charge in [-0.05, 0) is 25.2 Å². The normalized spacial score (nSPS) is 48.5. The molecule has 0 aliphatic heterocycles. The highest BCUT2D eigenvalue weighted by Gasteiger charge is 2.41. The zero-order chi connectivity index (χ0) is 8.60. The molecule has 0 spiro atoms. The average Bonchev–Trinajstić information content (AvgIpc) is 2.12. The summed E-state index contributed by atoms with van der Waals surface area (Å²) in [7, 11) is 0. The van der Waals surface area contributed by atoms with E-state index in [9.17, 15) is 10.2 Å². The van der Waals surface area contributed by atoms with Crippen LogP contribution in [0.15, 0.2) is 0 Å². The Morgan fingerprint density at radius 2 is 1.83 bits per heavy atom. The van der Waals surface area contributed by atoms with Crippen molar-refractivity contribution in [1.29, 1.82) is 0 Å². The predicted molar refractivity (Wildman–Crippen MR) is 46.8 cm³/mol. The Bertz CT molecular complexity index is 169. The van der Waals surface area contributed by atoms with Crippen LogP contribution in [-0.4, -0.2) is 21.9 Å². The molecule has 2 heteroatoms. The summed E-state index contributed by atoms with van der Waals surface area (Å²) in [4.78, 5) is 0. The molecule has 0 unspecified atom stereocenters. The minimum Gasteiger partial charge on any atom is -0.390 e. The SMILES string of the molecule is O[C@@H]1CCC[C@H]2CCC[C@]1(O)C2. The number of rotatable bonds is 0. The molecule has 0 saturated heterocycles. The van der Waals surface area contributed by atoms with Crippen LogP contribution in [0.2, 0.25) is 0 Å². The van der Waals surface area contributed by atoms with E-state index < -0.39 is 11.7 Å². The molecule has 2 aliphatic rings. The predicted octanol–water partition coefficient (Wildman–Crippen LogP) is 1.45. The van der Waals surface area contributed by atoms with E-state index in [0.29, 0.717) is 5.92 Å². The van der Waals surface area contributed by atoms with E-state index in [1.807, 2.05) is 0 Å². The van der Waals surface area contributed by atoms with Crippen LogP contribution in [0, 0.1) is 5.92 Å². The van der Waals surface area contributed by atoms with Gasteiger partial charge >= 0.3 is 0 Å². The number of hydrogen-bond donors (Lipinski definition) is 2. The zero-order valence-corrected chi connectivity index (χ0v) is 7.50. The van der Waals surface area contributed by atoms with Crippen LogP contribution >= 0.6 is 0 Å². The van der Waals surface area contributed by atoms with Crippen molar-refractivity contribution in [2.45, 2.75) is 56.7 Å². The maximum Gasteiger partial charge on any atom is 0.0908 e. The lowest BCUT2D eigenvalue weighted by Crippen LogP contribution is -2.44. The van der Waals surface area contributed by atoms with Gasteiger partial charge in [-0.1, -0.05) is 25.7 Å². The first kappa shape index (κ1) is 8.52. The molecule has 0 aromatic carbocycles. The van der Waals surface area contributed by atoms with Gasteiger partial charge in [-0.3, -0.25) is 0 Å². The molecule has 2 saturated carbocycles. The molecule has 70 valence electrons. The third-order valence-electron chi connectivity index (χ3n) is 3.57. The Kier molecular flexibility index (Phi) is 2.13. The third-order valence-corrected chi connectivity index (χ3v) is 3.57. The summed E-state index contributed by atoms with van der Waals surface area (Å²) < 4.78 is 0. The van der Waals surface area contributed by atoms with Crippen molar-refractivity contribution >= 4 is 0 Å². The fourth-order valence-corrected chi connectivity index (χ4v) is 2.82. The third kappa shape index (κ3) is 1.38. The quantitative estimate of drug-likeness (QED) is 0.577. The fraction of sp³-hybridized carbons (Fsp3) is 1.00. The van der Waals surface area contributed by atoms with Crippen molar-refractivity contribution in [1.82, 2.24) is 0 Å². The summed E-state index contributed by atoms with van der Waals surface area (Å²) in [6, 6.07) is 0. The van der Waals surface area contributed by atoms with Crippen LogP contribution in [0.1, 0.15) is 44.9 Å². The first-order valence-electron chi connectivity index (χ1n) is 5.11. The molecule has 2 bridgehead atoms. The molecule has 2 rings (SSSR count). The first-order valence-corrected chi connectivity index (χ1v) is 5.11. The molecule has 3 atom stereocenters. The van der Waals surface area contributed by atoms with Gasteiger partial charge < -0.3 is 10.2 Å². The lowest BCUT2D eigenvalue weighted by molar-refractivity contribution is -0.102. The van der Waals surface area contributed by atoms with Gasteiger partial charge in [-0.25, -0.2) is 0 Å². The van der Waals surface area contributed by atoms with E-state index in [0.717, 1.165) is 32.1 Å². The molecule has 0 radical (unpaired) electrons. The summed E-state index contributed by atoms with van der Waals surface area (Å²) in [5, 5.41) is 19.8. The van der Waals surface area contributed by atoms with E-state index in [-0.39, 0.29) is 0 Å². The van der Waals surface area contributed by atoms with Gasteiger partial charge in [0.15, 0.2) is 0 Å². The molecule has 2 nitrogen and oxygen atoms in total. The highest BCUT2D eigenvalue weighted by Crippen LogP contribution is 2.41. The summed E-state index contributed by atoms with van der Waals surface area (Å²) in [6.45, 7) is 0. The lowest BCUT2D eigenvalue weighted by atomic mass is 9.76. The van der Waals surface area contributed by atoms with Crippen LogP contribution in [-0.2, 0) is 0 Å². The first-order chi connectivity index (χ1) is 5.71. The molecule has 0 aromatic heterocycles. The second-order valence-corrected chi connectivity index (χ2v) is 4.51. The van der Waals surface area contributed by atoms with E-state index in [4.69, 9.17) is 0 Å². The topological polar surface area (TPSA) is 40.5 Å². The van der Waals surface area contributed by atoms with Crippen molar-refractivity contribution < 1.29 is 10.2 Å².